The van der Waals surface area contributed by atoms with Crippen LogP contribution in [0.3, 0.4) is 0 Å². The minimum absolute atomic E-state index is 0.168. The Kier molecular flexibility index (Phi) is 6.45. The molecule has 1 heterocycles. The number of hydrogen-bond donors (Lipinski definition) is 1. The SMILES string of the molecule is CCOc1ccc(OCC)c(NC(=O)c2cccc3c(=O)c(C)c(-c4ccccc4)oc23)c1. The molecule has 4 rings (SSSR count). The van der Waals surface area contributed by atoms with Crippen LogP contribution in [0.4, 0.5) is 5.69 Å². The van der Waals surface area contributed by atoms with Crippen LogP contribution in [-0.2, 0) is 0 Å². The molecule has 4 aromatic rings. The Morgan fingerprint density at radius 3 is 2.42 bits per heavy atom. The molecule has 1 amide bonds. The summed E-state index contributed by atoms with van der Waals surface area (Å²) < 4.78 is 17.4. The summed E-state index contributed by atoms with van der Waals surface area (Å²) in [5.74, 6) is 1.17. The van der Waals surface area contributed by atoms with Crippen LogP contribution in [0, 0.1) is 6.92 Å². The largest absolute Gasteiger partial charge is 0.494 e. The molecule has 0 fully saturated rings. The van der Waals surface area contributed by atoms with Gasteiger partial charge in [-0.3, -0.25) is 9.59 Å². The molecule has 0 unspecified atom stereocenters. The van der Waals surface area contributed by atoms with Crippen LogP contribution in [0.1, 0.15) is 29.8 Å². The predicted molar refractivity (Wildman–Crippen MR) is 129 cm³/mol. The second-order valence-electron chi connectivity index (χ2n) is 7.41. The quantitative estimate of drug-likeness (QED) is 0.390. The van der Waals surface area contributed by atoms with Gasteiger partial charge in [-0.1, -0.05) is 36.4 Å². The number of rotatable bonds is 7. The van der Waals surface area contributed by atoms with Crippen LogP contribution < -0.4 is 20.2 Å². The first-order valence-electron chi connectivity index (χ1n) is 10.9. The van der Waals surface area contributed by atoms with Crippen molar-refractivity contribution in [3.8, 4) is 22.8 Å². The minimum Gasteiger partial charge on any atom is -0.494 e. The van der Waals surface area contributed by atoms with Crippen molar-refractivity contribution >= 4 is 22.6 Å². The Labute approximate surface area is 191 Å². The predicted octanol–water partition coefficient (Wildman–Crippen LogP) is 5.82. The van der Waals surface area contributed by atoms with Crippen molar-refractivity contribution in [2.24, 2.45) is 0 Å². The lowest BCUT2D eigenvalue weighted by Crippen LogP contribution is -2.15. The van der Waals surface area contributed by atoms with Crippen LogP contribution in [0.5, 0.6) is 11.5 Å². The number of hydrogen-bond acceptors (Lipinski definition) is 5. The van der Waals surface area contributed by atoms with E-state index in [2.05, 4.69) is 5.32 Å². The van der Waals surface area contributed by atoms with Crippen molar-refractivity contribution in [3.05, 3.63) is 88.1 Å². The van der Waals surface area contributed by atoms with Gasteiger partial charge in [-0.25, -0.2) is 0 Å². The topological polar surface area (TPSA) is 77.8 Å². The third-order valence-corrected chi connectivity index (χ3v) is 5.24. The van der Waals surface area contributed by atoms with Crippen LogP contribution >= 0.6 is 0 Å². The molecular formula is C27H25NO5. The zero-order chi connectivity index (χ0) is 23.4. The molecule has 6 nitrogen and oxygen atoms in total. The maximum atomic E-state index is 13.3. The van der Waals surface area contributed by atoms with Crippen LogP contribution in [-0.4, -0.2) is 19.1 Å². The van der Waals surface area contributed by atoms with Crippen LogP contribution in [0.2, 0.25) is 0 Å². The summed E-state index contributed by atoms with van der Waals surface area (Å²) in [5.41, 5.74) is 2.07. The highest BCUT2D eigenvalue weighted by Gasteiger charge is 2.19. The lowest BCUT2D eigenvalue weighted by Gasteiger charge is -2.14. The van der Waals surface area contributed by atoms with Gasteiger partial charge < -0.3 is 19.2 Å². The number of ether oxygens (including phenoxy) is 2. The molecule has 0 radical (unpaired) electrons. The average Bonchev–Trinajstić information content (AvgIpc) is 2.83. The first-order chi connectivity index (χ1) is 16.0. The average molecular weight is 443 g/mol. The van der Waals surface area contributed by atoms with E-state index in [0.29, 0.717) is 47.1 Å². The maximum Gasteiger partial charge on any atom is 0.259 e. The number of anilines is 1. The van der Waals surface area contributed by atoms with Crippen molar-refractivity contribution in [3.63, 3.8) is 0 Å². The molecule has 0 bridgehead atoms. The van der Waals surface area contributed by atoms with Gasteiger partial charge in [0.25, 0.3) is 5.91 Å². The van der Waals surface area contributed by atoms with Gasteiger partial charge in [-0.05, 0) is 45.0 Å². The number of carbonyl (C=O) groups excluding carboxylic acids is 1. The smallest absolute Gasteiger partial charge is 0.259 e. The maximum absolute atomic E-state index is 13.3. The summed E-state index contributed by atoms with van der Waals surface area (Å²) in [4.78, 5) is 26.4. The lowest BCUT2D eigenvalue weighted by atomic mass is 10.0. The molecule has 168 valence electrons. The minimum atomic E-state index is -0.416. The molecular weight excluding hydrogens is 418 g/mol. The summed E-state index contributed by atoms with van der Waals surface area (Å²) in [6.45, 7) is 6.43. The molecule has 6 heteroatoms. The molecule has 1 aromatic heterocycles. The Hall–Kier alpha value is -4.06. The normalized spacial score (nSPS) is 10.8. The van der Waals surface area contributed by atoms with Crippen LogP contribution in [0.15, 0.2) is 75.9 Å². The Bertz CT molecular complexity index is 1360. The van der Waals surface area contributed by atoms with Gasteiger partial charge in [-0.2, -0.15) is 0 Å². The Morgan fingerprint density at radius 1 is 0.939 bits per heavy atom. The first kappa shape index (κ1) is 22.1. The van der Waals surface area contributed by atoms with Gasteiger partial charge >= 0.3 is 0 Å². The van der Waals surface area contributed by atoms with Crippen LogP contribution in [0.25, 0.3) is 22.3 Å². The second-order valence-corrected chi connectivity index (χ2v) is 7.41. The van der Waals surface area contributed by atoms with E-state index in [1.165, 1.54) is 0 Å². The van der Waals surface area contributed by atoms with Gasteiger partial charge in [-0.15, -0.1) is 0 Å². The van der Waals surface area contributed by atoms with Gasteiger partial charge in [0, 0.05) is 17.2 Å². The third kappa shape index (κ3) is 4.46. The van der Waals surface area contributed by atoms with E-state index in [1.807, 2.05) is 44.2 Å². The fourth-order valence-electron chi connectivity index (χ4n) is 3.69. The highest BCUT2D eigenvalue weighted by molar-refractivity contribution is 6.12. The highest BCUT2D eigenvalue weighted by atomic mass is 16.5. The van der Waals surface area contributed by atoms with Crippen molar-refractivity contribution < 1.29 is 18.7 Å². The lowest BCUT2D eigenvalue weighted by molar-refractivity contribution is 0.102. The van der Waals surface area contributed by atoms with E-state index in [9.17, 15) is 9.59 Å². The third-order valence-electron chi connectivity index (χ3n) is 5.24. The molecule has 0 saturated carbocycles. The summed E-state index contributed by atoms with van der Waals surface area (Å²) in [7, 11) is 0. The monoisotopic (exact) mass is 443 g/mol. The van der Waals surface area contributed by atoms with Gasteiger partial charge in [0.2, 0.25) is 0 Å². The zero-order valence-electron chi connectivity index (χ0n) is 18.8. The number of nitrogens with one attached hydrogen (secondary N) is 1. The first-order valence-corrected chi connectivity index (χ1v) is 10.9. The van der Waals surface area contributed by atoms with E-state index >= 15 is 0 Å². The molecule has 0 aliphatic rings. The summed E-state index contributed by atoms with van der Waals surface area (Å²) in [6.07, 6.45) is 0. The molecule has 0 saturated heterocycles. The molecule has 0 atom stereocenters. The van der Waals surface area contributed by atoms with Crippen molar-refractivity contribution in [1.82, 2.24) is 0 Å². The number of para-hydroxylation sites is 1. The molecule has 0 aliphatic heterocycles. The fraction of sp³-hybridized carbons (Fsp3) is 0.185. The number of benzene rings is 3. The number of carbonyl (C=O) groups is 1. The van der Waals surface area contributed by atoms with Gasteiger partial charge in [0.15, 0.2) is 11.0 Å². The van der Waals surface area contributed by atoms with Gasteiger partial charge in [0.05, 0.1) is 29.9 Å². The molecule has 33 heavy (non-hydrogen) atoms. The fourth-order valence-corrected chi connectivity index (χ4v) is 3.69. The van der Waals surface area contributed by atoms with E-state index < -0.39 is 5.91 Å². The van der Waals surface area contributed by atoms with Crippen molar-refractivity contribution in [1.29, 1.82) is 0 Å². The van der Waals surface area contributed by atoms with E-state index in [4.69, 9.17) is 13.9 Å². The van der Waals surface area contributed by atoms with E-state index in [1.54, 1.807) is 43.3 Å². The van der Waals surface area contributed by atoms with Crippen molar-refractivity contribution in [2.75, 3.05) is 18.5 Å². The van der Waals surface area contributed by atoms with E-state index in [-0.39, 0.29) is 16.6 Å². The Balaban J connectivity index is 1.81. The number of amides is 1. The van der Waals surface area contributed by atoms with E-state index in [0.717, 1.165) is 5.56 Å². The Morgan fingerprint density at radius 2 is 1.70 bits per heavy atom. The number of fused-ring (bicyclic) bond motifs is 1. The zero-order valence-corrected chi connectivity index (χ0v) is 18.8. The summed E-state index contributed by atoms with van der Waals surface area (Å²) in [5, 5.41) is 3.24. The highest BCUT2D eigenvalue weighted by Crippen LogP contribution is 2.31. The molecule has 0 spiro atoms. The summed E-state index contributed by atoms with van der Waals surface area (Å²) in [6, 6.07) is 19.6. The molecule has 1 N–H and O–H groups in total. The standard InChI is InChI=1S/C27H25NO5/c1-4-31-19-14-15-23(32-5-2)22(16-19)28-27(30)21-13-9-12-20-24(29)17(3)25(33-26(20)21)18-10-7-6-8-11-18/h6-16H,4-5H2,1-3H3,(H,28,30). The molecule has 0 aliphatic carbocycles. The summed E-state index contributed by atoms with van der Waals surface area (Å²) >= 11 is 0. The van der Waals surface area contributed by atoms with Gasteiger partial charge in [0.1, 0.15) is 17.3 Å². The molecule has 3 aromatic carbocycles. The second kappa shape index (κ2) is 9.61. The van der Waals surface area contributed by atoms with Crippen molar-refractivity contribution in [2.45, 2.75) is 20.8 Å².